The molecule has 0 bridgehead atoms. The van der Waals surface area contributed by atoms with E-state index in [1.807, 2.05) is 33.8 Å². The number of aromatic nitrogens is 3. The highest BCUT2D eigenvalue weighted by Crippen LogP contribution is 2.21. The van der Waals surface area contributed by atoms with E-state index in [-0.39, 0.29) is 11.4 Å². The quantitative estimate of drug-likeness (QED) is 0.793. The fraction of sp³-hybridized carbons (Fsp3) is 0.353. The highest BCUT2D eigenvalue weighted by atomic mass is 32.2. The molecule has 0 aliphatic carbocycles. The van der Waals surface area contributed by atoms with Crippen LogP contribution in [0.2, 0.25) is 0 Å². The molecule has 0 saturated carbocycles. The molecule has 0 saturated heterocycles. The van der Waals surface area contributed by atoms with Crippen LogP contribution < -0.4 is 0 Å². The van der Waals surface area contributed by atoms with Crippen molar-refractivity contribution in [2.75, 3.05) is 6.26 Å². The molecule has 2 aromatic heterocycles. The number of rotatable bonds is 4. The van der Waals surface area contributed by atoms with Gasteiger partial charge in [0.2, 0.25) is 0 Å². The van der Waals surface area contributed by atoms with Gasteiger partial charge in [-0.25, -0.2) is 13.4 Å². The summed E-state index contributed by atoms with van der Waals surface area (Å²) in [5.41, 5.74) is 2.23. The van der Waals surface area contributed by atoms with Crippen molar-refractivity contribution in [2.45, 2.75) is 34.2 Å². The van der Waals surface area contributed by atoms with E-state index in [9.17, 15) is 8.42 Å². The van der Waals surface area contributed by atoms with Crippen molar-refractivity contribution in [3.8, 4) is 6.07 Å². The Labute approximate surface area is 143 Å². The average molecular weight is 346 g/mol. The molecule has 0 aliphatic heterocycles. The summed E-state index contributed by atoms with van der Waals surface area (Å²) >= 11 is 0. The minimum Gasteiger partial charge on any atom is -0.265 e. The molecule has 6 nitrogen and oxygen atoms in total. The third-order valence-corrected chi connectivity index (χ3v) is 4.38. The SMILES string of the molecule is C=C(C(Cn1cc2ccc(C#N)nc2n1)=C(C)C)S(C)(=O)=O.CC. The van der Waals surface area contributed by atoms with E-state index in [0.717, 1.165) is 17.2 Å². The monoisotopic (exact) mass is 346 g/mol. The third kappa shape index (κ3) is 4.52. The van der Waals surface area contributed by atoms with E-state index in [1.54, 1.807) is 23.0 Å². The first-order valence-corrected chi connectivity index (χ1v) is 9.41. The second-order valence-corrected chi connectivity index (χ2v) is 7.26. The van der Waals surface area contributed by atoms with Crippen molar-refractivity contribution >= 4 is 20.9 Å². The first kappa shape index (κ1) is 19.6. The van der Waals surface area contributed by atoms with E-state index in [2.05, 4.69) is 16.7 Å². The number of sulfone groups is 1. The highest BCUT2D eigenvalue weighted by molar-refractivity contribution is 7.94. The molecule has 0 atom stereocenters. The first-order valence-electron chi connectivity index (χ1n) is 7.52. The van der Waals surface area contributed by atoms with Gasteiger partial charge >= 0.3 is 0 Å². The highest BCUT2D eigenvalue weighted by Gasteiger charge is 2.16. The fourth-order valence-corrected chi connectivity index (χ4v) is 2.72. The average Bonchev–Trinajstić information content (AvgIpc) is 2.94. The van der Waals surface area contributed by atoms with Gasteiger partial charge in [-0.05, 0) is 31.6 Å². The molecule has 0 unspecified atom stereocenters. The Kier molecular flexibility index (Phi) is 6.43. The second kappa shape index (κ2) is 7.88. The maximum atomic E-state index is 11.7. The van der Waals surface area contributed by atoms with Crippen molar-refractivity contribution in [3.63, 3.8) is 0 Å². The normalized spacial score (nSPS) is 10.5. The topological polar surface area (TPSA) is 88.6 Å². The van der Waals surface area contributed by atoms with Gasteiger partial charge in [-0.15, -0.1) is 0 Å². The van der Waals surface area contributed by atoms with Crippen LogP contribution >= 0.6 is 0 Å². The molecule has 0 fully saturated rings. The largest absolute Gasteiger partial charge is 0.265 e. The van der Waals surface area contributed by atoms with Crippen LogP contribution in [0.3, 0.4) is 0 Å². The van der Waals surface area contributed by atoms with Gasteiger partial charge in [0.25, 0.3) is 0 Å². The van der Waals surface area contributed by atoms with Crippen LogP contribution in [0.15, 0.2) is 41.0 Å². The van der Waals surface area contributed by atoms with Gasteiger partial charge in [0.15, 0.2) is 15.5 Å². The lowest BCUT2D eigenvalue weighted by atomic mass is 10.1. The van der Waals surface area contributed by atoms with Crippen molar-refractivity contribution < 1.29 is 8.42 Å². The Balaban J connectivity index is 0.00000139. The molecule has 0 N–H and O–H groups in total. The molecule has 0 aromatic carbocycles. The van der Waals surface area contributed by atoms with Gasteiger partial charge in [0, 0.05) is 17.8 Å². The van der Waals surface area contributed by atoms with Gasteiger partial charge in [0.05, 0.1) is 11.4 Å². The Morgan fingerprint density at radius 1 is 1.33 bits per heavy atom. The van der Waals surface area contributed by atoms with Crippen LogP contribution in [0.25, 0.3) is 11.0 Å². The summed E-state index contributed by atoms with van der Waals surface area (Å²) in [5.74, 6) is 0. The number of hydrogen-bond acceptors (Lipinski definition) is 5. The van der Waals surface area contributed by atoms with Crippen LogP contribution in [0, 0.1) is 11.3 Å². The number of hydrogen-bond donors (Lipinski definition) is 0. The van der Waals surface area contributed by atoms with E-state index in [4.69, 9.17) is 5.26 Å². The van der Waals surface area contributed by atoms with Gasteiger partial charge < -0.3 is 0 Å². The van der Waals surface area contributed by atoms with Gasteiger partial charge in [-0.3, -0.25) is 4.68 Å². The summed E-state index contributed by atoms with van der Waals surface area (Å²) in [5, 5.41) is 13.9. The van der Waals surface area contributed by atoms with Crippen molar-refractivity contribution in [2.24, 2.45) is 0 Å². The summed E-state index contributed by atoms with van der Waals surface area (Å²) < 4.78 is 25.0. The Hall–Kier alpha value is -2.46. The standard InChI is InChI=1S/C15H16N4O2S.C2H6/c1-10(2)14(11(3)22(4,20)21)9-19-8-12-5-6-13(7-16)17-15(12)18-19;1-2/h5-6,8H,3,9H2,1-2,4H3;1-2H3. The number of pyridine rings is 1. The van der Waals surface area contributed by atoms with E-state index in [0.29, 0.717) is 16.9 Å². The second-order valence-electron chi connectivity index (χ2n) is 5.22. The maximum Gasteiger partial charge on any atom is 0.182 e. The molecule has 128 valence electrons. The molecule has 2 heterocycles. The zero-order valence-electron chi connectivity index (χ0n) is 14.7. The number of nitrogens with zero attached hydrogens (tertiary/aromatic N) is 4. The van der Waals surface area contributed by atoms with Crippen molar-refractivity contribution in [1.82, 2.24) is 14.8 Å². The van der Waals surface area contributed by atoms with Gasteiger partial charge in [-0.2, -0.15) is 10.4 Å². The molecule has 0 radical (unpaired) electrons. The Morgan fingerprint density at radius 3 is 2.46 bits per heavy atom. The summed E-state index contributed by atoms with van der Waals surface area (Å²) in [6.07, 6.45) is 2.90. The Morgan fingerprint density at radius 2 is 1.96 bits per heavy atom. The molecule has 2 rings (SSSR count). The number of fused-ring (bicyclic) bond motifs is 1. The lowest BCUT2D eigenvalue weighted by molar-refractivity contribution is 0.606. The third-order valence-electron chi connectivity index (χ3n) is 3.24. The van der Waals surface area contributed by atoms with Crippen LogP contribution in [-0.2, 0) is 16.4 Å². The van der Waals surface area contributed by atoms with E-state index in [1.165, 1.54) is 0 Å². The summed E-state index contributed by atoms with van der Waals surface area (Å²) in [7, 11) is -3.36. The zero-order valence-corrected chi connectivity index (χ0v) is 15.5. The lowest BCUT2D eigenvalue weighted by Gasteiger charge is -2.11. The molecule has 0 amide bonds. The van der Waals surface area contributed by atoms with E-state index < -0.39 is 9.84 Å². The van der Waals surface area contributed by atoms with Crippen LogP contribution in [0.5, 0.6) is 0 Å². The van der Waals surface area contributed by atoms with Gasteiger partial charge in [-0.1, -0.05) is 26.0 Å². The first-order chi connectivity index (χ1) is 11.2. The van der Waals surface area contributed by atoms with Crippen molar-refractivity contribution in [1.29, 1.82) is 5.26 Å². The number of nitriles is 1. The van der Waals surface area contributed by atoms with Crippen LogP contribution in [0.1, 0.15) is 33.4 Å². The zero-order chi connectivity index (χ0) is 18.5. The molecule has 24 heavy (non-hydrogen) atoms. The molecule has 0 spiro atoms. The summed E-state index contributed by atoms with van der Waals surface area (Å²) in [6, 6.07) is 5.34. The molecular formula is C17H22N4O2S. The number of allylic oxidation sites excluding steroid dienone is 2. The molecular weight excluding hydrogens is 324 g/mol. The van der Waals surface area contributed by atoms with Gasteiger partial charge in [0.1, 0.15) is 11.8 Å². The lowest BCUT2D eigenvalue weighted by Crippen LogP contribution is -2.10. The predicted molar refractivity (Wildman–Crippen MR) is 95.9 cm³/mol. The smallest absolute Gasteiger partial charge is 0.182 e. The fourth-order valence-electron chi connectivity index (χ4n) is 2.01. The minimum atomic E-state index is -3.36. The van der Waals surface area contributed by atoms with Crippen LogP contribution in [-0.4, -0.2) is 29.4 Å². The maximum absolute atomic E-state index is 11.7. The van der Waals surface area contributed by atoms with E-state index >= 15 is 0 Å². The minimum absolute atomic E-state index is 0.0951. The van der Waals surface area contributed by atoms with Crippen molar-refractivity contribution in [3.05, 3.63) is 46.7 Å². The Bertz CT molecular complexity index is 927. The molecule has 0 aliphatic rings. The summed E-state index contributed by atoms with van der Waals surface area (Å²) in [4.78, 5) is 4.21. The molecule has 2 aromatic rings. The predicted octanol–water partition coefficient (Wildman–Crippen LogP) is 3.22. The molecule has 7 heteroatoms. The van der Waals surface area contributed by atoms with Crippen LogP contribution in [0.4, 0.5) is 0 Å². The summed E-state index contributed by atoms with van der Waals surface area (Å²) in [6.45, 7) is 11.6.